The van der Waals surface area contributed by atoms with Gasteiger partial charge >= 0.3 is 6.09 Å². The maximum Gasteiger partial charge on any atom is 0.412 e. The third kappa shape index (κ3) is 6.74. The first kappa shape index (κ1) is 32.7. The summed E-state index contributed by atoms with van der Waals surface area (Å²) >= 11 is 6.17. The standard InChI is InChI=1S/C34H42ClFN4O5Si/c1-43-33(14-15-33)19-24(23-9-6-5-7-10-23)27-20-40(22-44-17-18-46(2,3)4)30(37-27)31(41)39-16-8-13-34(21-39)28-26(38-32(42)45-34)12-11-25(35)29(28)36/h5-7,9-12,20,24H,8,13-19,21-22H2,1-4H3,(H,38,42)/t24?,34-/m0/s1. The number of nitrogens with zero attached hydrogens (tertiary/aromatic N) is 3. The van der Waals surface area contributed by atoms with E-state index in [0.717, 1.165) is 36.6 Å². The fourth-order valence-electron chi connectivity index (χ4n) is 6.58. The molecule has 3 aliphatic rings. The molecule has 12 heteroatoms. The zero-order valence-electron chi connectivity index (χ0n) is 26.9. The maximum atomic E-state index is 15.5. The molecule has 1 saturated heterocycles. The third-order valence-electron chi connectivity index (χ3n) is 9.41. The van der Waals surface area contributed by atoms with E-state index >= 15 is 4.39 Å². The highest BCUT2D eigenvalue weighted by atomic mass is 35.5. The SMILES string of the molecule is COC1(CC(c2ccccc2)c2cn(COCC[Si](C)(C)C)c(C(=O)N3CCC[C@@]4(C3)OC(=O)Nc3ccc(Cl)c(F)c34)n2)CC1. The van der Waals surface area contributed by atoms with E-state index in [2.05, 4.69) is 37.1 Å². The molecular weight excluding hydrogens is 627 g/mol. The van der Waals surface area contributed by atoms with E-state index in [1.165, 1.54) is 6.07 Å². The van der Waals surface area contributed by atoms with Crippen molar-refractivity contribution in [2.75, 3.05) is 32.1 Å². The number of carbonyl (C=O) groups is 2. The van der Waals surface area contributed by atoms with Gasteiger partial charge in [0.15, 0.2) is 11.4 Å². The van der Waals surface area contributed by atoms with Crippen LogP contribution in [-0.2, 0) is 26.5 Å². The number of imidazole rings is 1. The van der Waals surface area contributed by atoms with Gasteiger partial charge in [0.25, 0.3) is 5.91 Å². The summed E-state index contributed by atoms with van der Waals surface area (Å²) in [6, 6.07) is 14.1. The average Bonchev–Trinajstić information content (AvgIpc) is 3.69. The van der Waals surface area contributed by atoms with Gasteiger partial charge in [0.1, 0.15) is 6.73 Å². The second kappa shape index (κ2) is 12.7. The Kier molecular flexibility index (Phi) is 9.05. The van der Waals surface area contributed by atoms with Gasteiger partial charge in [-0.05, 0) is 55.8 Å². The second-order valence-corrected chi connectivity index (χ2v) is 20.0. The summed E-state index contributed by atoms with van der Waals surface area (Å²) in [6.45, 7) is 8.00. The number of likely N-dealkylation sites (tertiary alicyclic amines) is 1. The van der Waals surface area contributed by atoms with Gasteiger partial charge in [0, 0.05) is 40.5 Å². The van der Waals surface area contributed by atoms with Crippen molar-refractivity contribution in [3.63, 3.8) is 0 Å². The van der Waals surface area contributed by atoms with Gasteiger partial charge in [0.2, 0.25) is 5.82 Å². The molecule has 246 valence electrons. The first-order chi connectivity index (χ1) is 21.9. The zero-order chi connectivity index (χ0) is 32.7. The number of amides is 2. The van der Waals surface area contributed by atoms with E-state index in [0.29, 0.717) is 31.7 Å². The fraction of sp³-hybridized carbons (Fsp3) is 0.500. The lowest BCUT2D eigenvalue weighted by molar-refractivity contribution is -0.0423. The molecule has 2 aliphatic heterocycles. The van der Waals surface area contributed by atoms with Crippen molar-refractivity contribution in [2.24, 2.45) is 0 Å². The Bertz CT molecular complexity index is 1610. The number of hydrogen-bond donors (Lipinski definition) is 1. The minimum absolute atomic E-state index is 0.0307. The predicted molar refractivity (Wildman–Crippen MR) is 177 cm³/mol. The van der Waals surface area contributed by atoms with Crippen molar-refractivity contribution >= 4 is 37.4 Å². The number of halogens is 2. The normalized spacial score (nSPS) is 21.0. The predicted octanol–water partition coefficient (Wildman–Crippen LogP) is 7.38. The Balaban J connectivity index is 1.34. The van der Waals surface area contributed by atoms with E-state index in [1.807, 2.05) is 24.4 Å². The molecule has 2 fully saturated rings. The van der Waals surface area contributed by atoms with Crippen LogP contribution in [0.1, 0.15) is 65.5 Å². The van der Waals surface area contributed by atoms with Crippen LogP contribution < -0.4 is 5.32 Å². The summed E-state index contributed by atoms with van der Waals surface area (Å²) in [5.74, 6) is -0.863. The van der Waals surface area contributed by atoms with Crippen molar-refractivity contribution in [2.45, 2.75) is 81.6 Å². The van der Waals surface area contributed by atoms with E-state index in [9.17, 15) is 9.59 Å². The number of nitrogens with one attached hydrogen (secondary N) is 1. The first-order valence-electron chi connectivity index (χ1n) is 16.0. The molecule has 6 rings (SSSR count). The average molecular weight is 669 g/mol. The Labute approximate surface area is 275 Å². The van der Waals surface area contributed by atoms with Crippen molar-refractivity contribution in [1.82, 2.24) is 14.5 Å². The molecule has 1 aromatic heterocycles. The van der Waals surface area contributed by atoms with Gasteiger partial charge < -0.3 is 23.7 Å². The lowest BCUT2D eigenvalue weighted by Crippen LogP contribution is -2.53. The molecule has 1 aliphatic carbocycles. The number of methoxy groups -OCH3 is 1. The number of rotatable bonds is 11. The van der Waals surface area contributed by atoms with E-state index in [4.69, 9.17) is 30.8 Å². The van der Waals surface area contributed by atoms with Gasteiger partial charge in [-0.1, -0.05) is 61.6 Å². The smallest absolute Gasteiger partial charge is 0.412 e. The van der Waals surface area contributed by atoms with Crippen LogP contribution in [0.4, 0.5) is 14.9 Å². The lowest BCUT2D eigenvalue weighted by atomic mass is 9.83. The number of aromatic nitrogens is 2. The molecule has 3 heterocycles. The number of carbonyl (C=O) groups excluding carboxylic acids is 2. The molecule has 1 spiro atoms. The number of benzene rings is 2. The van der Waals surface area contributed by atoms with Gasteiger partial charge in [-0.2, -0.15) is 0 Å². The van der Waals surface area contributed by atoms with Crippen molar-refractivity contribution in [1.29, 1.82) is 0 Å². The number of piperidine rings is 1. The molecule has 9 nitrogen and oxygen atoms in total. The highest BCUT2D eigenvalue weighted by Crippen LogP contribution is 2.48. The van der Waals surface area contributed by atoms with Crippen LogP contribution >= 0.6 is 11.6 Å². The summed E-state index contributed by atoms with van der Waals surface area (Å²) < 4.78 is 35.2. The lowest BCUT2D eigenvalue weighted by Gasteiger charge is -2.45. The van der Waals surface area contributed by atoms with Gasteiger partial charge in [-0.3, -0.25) is 10.1 Å². The van der Waals surface area contributed by atoms with Crippen LogP contribution in [0, 0.1) is 5.82 Å². The molecule has 0 radical (unpaired) electrons. The molecule has 46 heavy (non-hydrogen) atoms. The molecule has 2 aromatic carbocycles. The fourth-order valence-corrected chi connectivity index (χ4v) is 7.50. The Morgan fingerprint density at radius 1 is 1.17 bits per heavy atom. The summed E-state index contributed by atoms with van der Waals surface area (Å²) in [5, 5.41) is 2.50. The Hall–Kier alpha value is -3.25. The van der Waals surface area contributed by atoms with Gasteiger partial charge in [0.05, 0.1) is 34.1 Å². The molecule has 2 amide bonds. The van der Waals surface area contributed by atoms with Crippen LogP contribution in [0.25, 0.3) is 0 Å². The molecule has 1 saturated carbocycles. The zero-order valence-corrected chi connectivity index (χ0v) is 28.7. The van der Waals surface area contributed by atoms with Crippen molar-refractivity contribution < 1.29 is 28.2 Å². The van der Waals surface area contributed by atoms with Crippen LogP contribution in [0.3, 0.4) is 0 Å². The molecule has 3 aromatic rings. The van der Waals surface area contributed by atoms with E-state index < -0.39 is 25.6 Å². The summed E-state index contributed by atoms with van der Waals surface area (Å²) in [5.41, 5.74) is 0.725. The van der Waals surface area contributed by atoms with Crippen LogP contribution in [0.2, 0.25) is 30.7 Å². The van der Waals surface area contributed by atoms with Gasteiger partial charge in [-0.15, -0.1) is 0 Å². The highest BCUT2D eigenvalue weighted by Gasteiger charge is 2.49. The maximum absolute atomic E-state index is 15.5. The van der Waals surface area contributed by atoms with E-state index in [1.54, 1.807) is 22.6 Å². The topological polar surface area (TPSA) is 94.9 Å². The number of hydrogen-bond acceptors (Lipinski definition) is 6. The first-order valence-corrected chi connectivity index (χ1v) is 20.0. The Morgan fingerprint density at radius 3 is 2.63 bits per heavy atom. The molecule has 1 unspecified atom stereocenters. The quantitative estimate of drug-likeness (QED) is 0.169. The number of fused-ring (bicyclic) bond motifs is 2. The minimum Gasteiger partial charge on any atom is -0.436 e. The summed E-state index contributed by atoms with van der Waals surface area (Å²) in [6.07, 6.45) is 4.76. The number of ether oxygens (including phenoxy) is 3. The largest absolute Gasteiger partial charge is 0.436 e. The van der Waals surface area contributed by atoms with E-state index in [-0.39, 0.29) is 47.1 Å². The molecule has 2 atom stereocenters. The van der Waals surface area contributed by atoms with Crippen LogP contribution in [0.15, 0.2) is 48.7 Å². The van der Waals surface area contributed by atoms with Crippen LogP contribution in [-0.4, -0.2) is 66.9 Å². The molecule has 1 N–H and O–H groups in total. The summed E-state index contributed by atoms with van der Waals surface area (Å²) in [4.78, 5) is 33.6. The monoisotopic (exact) mass is 668 g/mol. The molecule has 0 bridgehead atoms. The molecular formula is C34H42ClFN4O5Si. The summed E-state index contributed by atoms with van der Waals surface area (Å²) in [7, 11) is 0.423. The van der Waals surface area contributed by atoms with Crippen molar-refractivity contribution in [3.8, 4) is 0 Å². The van der Waals surface area contributed by atoms with Crippen LogP contribution in [0.5, 0.6) is 0 Å². The third-order valence-corrected chi connectivity index (χ3v) is 11.4. The second-order valence-electron chi connectivity index (χ2n) is 14.0. The minimum atomic E-state index is -1.38. The highest BCUT2D eigenvalue weighted by molar-refractivity contribution is 6.76. The Morgan fingerprint density at radius 2 is 1.93 bits per heavy atom. The number of anilines is 1. The van der Waals surface area contributed by atoms with Crippen molar-refractivity contribution in [3.05, 3.63) is 82.1 Å². The van der Waals surface area contributed by atoms with Gasteiger partial charge in [-0.25, -0.2) is 14.2 Å².